The highest BCUT2D eigenvalue weighted by molar-refractivity contribution is 5.95. The number of aromatic amines is 1. The molecule has 0 unspecified atom stereocenters. The highest BCUT2D eigenvalue weighted by Crippen LogP contribution is 2.20. The van der Waals surface area contributed by atoms with Crippen LogP contribution < -0.4 is 11.0 Å². The van der Waals surface area contributed by atoms with E-state index in [2.05, 4.69) is 25.3 Å². The predicted octanol–water partition coefficient (Wildman–Crippen LogP) is 0.952. The molecule has 1 aromatic carbocycles. The highest BCUT2D eigenvalue weighted by Gasteiger charge is 2.13. The molecule has 0 aliphatic carbocycles. The lowest BCUT2D eigenvalue weighted by Gasteiger charge is -2.07. The van der Waals surface area contributed by atoms with Gasteiger partial charge < -0.3 is 10.4 Å². The van der Waals surface area contributed by atoms with Crippen LogP contribution in [0.3, 0.4) is 0 Å². The number of fused-ring (bicyclic) bond motifs is 1. The summed E-state index contributed by atoms with van der Waals surface area (Å²) in [7, 11) is 0. The van der Waals surface area contributed by atoms with Gasteiger partial charge in [0.15, 0.2) is 11.3 Å². The number of hydrogen-bond donors (Lipinski definition) is 3. The van der Waals surface area contributed by atoms with Crippen LogP contribution in [0.5, 0.6) is 0 Å². The number of aromatic nitrogens is 5. The van der Waals surface area contributed by atoms with E-state index >= 15 is 0 Å². The third-order valence-electron chi connectivity index (χ3n) is 4.34. The number of imidazole rings is 1. The molecule has 0 spiro atoms. The maximum atomic E-state index is 12.4. The molecular weight excluding hydrogens is 372 g/mol. The molecule has 0 aliphatic heterocycles. The molecule has 3 heterocycles. The standard InChI is InChI=1S/C20H18N6O3/c27-9-8-22-19(28)14-5-3-4-13(10-14)16-11-23-17-18(24-16)26(20(29)25-17)12-15-6-1-2-7-21-15/h1-7,10-11,27H,8-9,12H2,(H,22,28)(H,23,25,29). The minimum atomic E-state index is -0.320. The molecule has 0 saturated heterocycles. The summed E-state index contributed by atoms with van der Waals surface area (Å²) < 4.78 is 1.48. The lowest BCUT2D eigenvalue weighted by atomic mass is 10.1. The number of rotatable bonds is 6. The summed E-state index contributed by atoms with van der Waals surface area (Å²) in [6.07, 6.45) is 3.22. The maximum absolute atomic E-state index is 12.4. The fraction of sp³-hybridized carbons (Fsp3) is 0.150. The quantitative estimate of drug-likeness (QED) is 0.450. The van der Waals surface area contributed by atoms with Gasteiger partial charge in [-0.05, 0) is 24.3 Å². The van der Waals surface area contributed by atoms with E-state index in [1.165, 1.54) is 4.57 Å². The van der Waals surface area contributed by atoms with E-state index in [9.17, 15) is 9.59 Å². The summed E-state index contributed by atoms with van der Waals surface area (Å²) in [6, 6.07) is 12.4. The molecule has 0 atom stereocenters. The van der Waals surface area contributed by atoms with Crippen LogP contribution in [0.15, 0.2) is 59.7 Å². The smallest absolute Gasteiger partial charge is 0.329 e. The number of nitrogens with zero attached hydrogens (tertiary/aromatic N) is 4. The van der Waals surface area contributed by atoms with Crippen molar-refractivity contribution < 1.29 is 9.90 Å². The number of carbonyl (C=O) groups excluding carboxylic acids is 1. The van der Waals surface area contributed by atoms with Gasteiger partial charge in [0, 0.05) is 23.9 Å². The summed E-state index contributed by atoms with van der Waals surface area (Å²) in [4.78, 5) is 40.4. The topological polar surface area (TPSA) is 126 Å². The molecule has 146 valence electrons. The largest absolute Gasteiger partial charge is 0.395 e. The van der Waals surface area contributed by atoms with Crippen molar-refractivity contribution in [3.8, 4) is 11.3 Å². The maximum Gasteiger partial charge on any atom is 0.329 e. The van der Waals surface area contributed by atoms with E-state index in [1.54, 1.807) is 30.6 Å². The van der Waals surface area contributed by atoms with Gasteiger partial charge >= 0.3 is 5.69 Å². The second kappa shape index (κ2) is 8.03. The minimum absolute atomic E-state index is 0.130. The molecular formula is C20H18N6O3. The predicted molar refractivity (Wildman–Crippen MR) is 106 cm³/mol. The number of nitrogens with one attached hydrogen (secondary N) is 2. The summed E-state index contributed by atoms with van der Waals surface area (Å²) in [5.74, 6) is -0.288. The second-order valence-electron chi connectivity index (χ2n) is 6.33. The number of benzene rings is 1. The molecule has 29 heavy (non-hydrogen) atoms. The first-order chi connectivity index (χ1) is 14.2. The van der Waals surface area contributed by atoms with E-state index in [4.69, 9.17) is 5.11 Å². The fourth-order valence-electron chi connectivity index (χ4n) is 2.95. The van der Waals surface area contributed by atoms with Gasteiger partial charge in [-0.2, -0.15) is 0 Å². The average Bonchev–Trinajstić information content (AvgIpc) is 3.07. The van der Waals surface area contributed by atoms with Gasteiger partial charge in [0.1, 0.15) is 0 Å². The molecule has 0 aliphatic rings. The van der Waals surface area contributed by atoms with Gasteiger partial charge in [-0.25, -0.2) is 14.8 Å². The first-order valence-corrected chi connectivity index (χ1v) is 9.00. The zero-order valence-electron chi connectivity index (χ0n) is 15.4. The minimum Gasteiger partial charge on any atom is -0.395 e. The van der Waals surface area contributed by atoms with Crippen LogP contribution in [0.2, 0.25) is 0 Å². The number of aliphatic hydroxyl groups excluding tert-OH is 1. The SMILES string of the molecule is O=C(NCCO)c1cccc(-c2cnc3[nH]c(=O)n(Cc4ccccn4)c3n2)c1. The Balaban J connectivity index is 1.71. The number of pyridine rings is 1. The Labute approximate surface area is 165 Å². The number of hydrogen-bond acceptors (Lipinski definition) is 6. The Morgan fingerprint density at radius 2 is 2.07 bits per heavy atom. The Hall–Kier alpha value is -3.85. The Kier molecular flexibility index (Phi) is 5.12. The fourth-order valence-corrected chi connectivity index (χ4v) is 2.95. The Morgan fingerprint density at radius 3 is 2.86 bits per heavy atom. The molecule has 3 N–H and O–H groups in total. The molecule has 0 fully saturated rings. The van der Waals surface area contributed by atoms with Gasteiger partial charge in [0.05, 0.1) is 30.7 Å². The molecule has 0 bridgehead atoms. The number of carbonyl (C=O) groups is 1. The third-order valence-corrected chi connectivity index (χ3v) is 4.34. The van der Waals surface area contributed by atoms with Crippen molar-refractivity contribution in [3.63, 3.8) is 0 Å². The number of H-pyrrole nitrogens is 1. The van der Waals surface area contributed by atoms with Gasteiger partial charge in [0.25, 0.3) is 5.91 Å². The highest BCUT2D eigenvalue weighted by atomic mass is 16.3. The van der Waals surface area contributed by atoms with E-state index in [0.717, 1.165) is 5.69 Å². The first-order valence-electron chi connectivity index (χ1n) is 9.00. The van der Waals surface area contributed by atoms with Crippen LogP contribution in [0, 0.1) is 0 Å². The van der Waals surface area contributed by atoms with Crippen LogP contribution in [-0.2, 0) is 6.54 Å². The Morgan fingerprint density at radius 1 is 1.17 bits per heavy atom. The van der Waals surface area contributed by atoms with Gasteiger partial charge in [-0.15, -0.1) is 0 Å². The van der Waals surface area contributed by atoms with Gasteiger partial charge in [0.2, 0.25) is 0 Å². The molecule has 9 heteroatoms. The van der Waals surface area contributed by atoms with Crippen LogP contribution in [0.1, 0.15) is 16.1 Å². The summed E-state index contributed by atoms with van der Waals surface area (Å²) in [5.41, 5.74) is 2.86. The van der Waals surface area contributed by atoms with E-state index in [0.29, 0.717) is 28.1 Å². The van der Waals surface area contributed by atoms with E-state index in [1.807, 2.05) is 24.3 Å². The van der Waals surface area contributed by atoms with Crippen molar-refractivity contribution in [1.29, 1.82) is 0 Å². The summed E-state index contributed by atoms with van der Waals surface area (Å²) in [5, 5.41) is 11.5. The normalized spacial score (nSPS) is 10.9. The molecule has 4 aromatic rings. The average molecular weight is 390 g/mol. The van der Waals surface area contributed by atoms with Gasteiger partial charge in [-0.1, -0.05) is 18.2 Å². The lowest BCUT2D eigenvalue weighted by Crippen LogP contribution is -2.26. The summed E-state index contributed by atoms with van der Waals surface area (Å²) in [6.45, 7) is 0.314. The van der Waals surface area contributed by atoms with E-state index in [-0.39, 0.29) is 31.3 Å². The van der Waals surface area contributed by atoms with Crippen molar-refractivity contribution in [2.45, 2.75) is 6.54 Å². The molecule has 0 saturated carbocycles. The lowest BCUT2D eigenvalue weighted by molar-refractivity contribution is 0.0945. The summed E-state index contributed by atoms with van der Waals surface area (Å²) >= 11 is 0. The third kappa shape index (κ3) is 3.90. The zero-order chi connectivity index (χ0) is 20.2. The first kappa shape index (κ1) is 18.5. The Bertz CT molecular complexity index is 1220. The second-order valence-corrected chi connectivity index (χ2v) is 6.33. The van der Waals surface area contributed by atoms with Crippen LogP contribution in [0.4, 0.5) is 0 Å². The van der Waals surface area contributed by atoms with Crippen molar-refractivity contribution in [2.24, 2.45) is 0 Å². The molecule has 1 amide bonds. The monoisotopic (exact) mass is 390 g/mol. The zero-order valence-corrected chi connectivity index (χ0v) is 15.4. The van der Waals surface area contributed by atoms with E-state index < -0.39 is 0 Å². The molecule has 0 radical (unpaired) electrons. The van der Waals surface area contributed by atoms with Crippen LogP contribution in [0.25, 0.3) is 22.6 Å². The molecule has 3 aromatic heterocycles. The number of amides is 1. The van der Waals surface area contributed by atoms with Crippen molar-refractivity contribution >= 4 is 17.2 Å². The van der Waals surface area contributed by atoms with Crippen LogP contribution >= 0.6 is 0 Å². The number of aliphatic hydroxyl groups is 1. The van der Waals surface area contributed by atoms with Crippen molar-refractivity contribution in [1.82, 2.24) is 29.8 Å². The van der Waals surface area contributed by atoms with Crippen molar-refractivity contribution in [2.75, 3.05) is 13.2 Å². The molecule has 4 rings (SSSR count). The van der Waals surface area contributed by atoms with Crippen LogP contribution in [-0.4, -0.2) is 48.7 Å². The van der Waals surface area contributed by atoms with Gasteiger partial charge in [-0.3, -0.25) is 19.3 Å². The van der Waals surface area contributed by atoms with Crippen molar-refractivity contribution in [3.05, 3.63) is 76.6 Å². The molecule has 9 nitrogen and oxygen atoms in total.